The standard InChI is InChI=1S/C20H24F3N3O4S2/c1-3-30-19(27)12-26-18-7-5-6-17(16(18)11-24-26)25-32(28,29)15-9-13(20(21,22)23)8-14(10-15)31-4-2/h8-11,17,25H,3-7,12H2,1-2H3/t17-/m1/s1. The van der Waals surface area contributed by atoms with Gasteiger partial charge in [0.15, 0.2) is 0 Å². The molecular weight excluding hydrogens is 467 g/mol. The highest BCUT2D eigenvalue weighted by Crippen LogP contribution is 2.36. The lowest BCUT2D eigenvalue weighted by atomic mass is 9.94. The first-order valence-corrected chi connectivity index (χ1v) is 12.6. The van der Waals surface area contributed by atoms with E-state index in [0.717, 1.165) is 17.8 Å². The Morgan fingerprint density at radius 1 is 1.31 bits per heavy atom. The number of esters is 1. The van der Waals surface area contributed by atoms with Crippen molar-refractivity contribution in [3.05, 3.63) is 41.2 Å². The van der Waals surface area contributed by atoms with Crippen molar-refractivity contribution in [2.24, 2.45) is 0 Å². The second kappa shape index (κ2) is 9.84. The molecule has 0 saturated carbocycles. The Hall–Kier alpha value is -2.05. The van der Waals surface area contributed by atoms with Crippen LogP contribution in [0.4, 0.5) is 13.2 Å². The highest BCUT2D eigenvalue weighted by atomic mass is 32.2. The summed E-state index contributed by atoms with van der Waals surface area (Å²) in [5, 5.41) is 4.19. The van der Waals surface area contributed by atoms with Crippen molar-refractivity contribution >= 4 is 27.8 Å². The predicted octanol–water partition coefficient (Wildman–Crippen LogP) is 3.93. The fraction of sp³-hybridized carbons (Fsp3) is 0.500. The fourth-order valence-electron chi connectivity index (χ4n) is 3.60. The highest BCUT2D eigenvalue weighted by molar-refractivity contribution is 7.99. The maximum Gasteiger partial charge on any atom is 0.416 e. The van der Waals surface area contributed by atoms with Gasteiger partial charge in [0.05, 0.1) is 29.3 Å². The average molecular weight is 492 g/mol. The van der Waals surface area contributed by atoms with Gasteiger partial charge in [0.25, 0.3) is 0 Å². The zero-order chi connectivity index (χ0) is 23.5. The van der Waals surface area contributed by atoms with E-state index in [1.807, 2.05) is 0 Å². The van der Waals surface area contributed by atoms with Gasteiger partial charge in [-0.25, -0.2) is 13.1 Å². The molecule has 0 bridgehead atoms. The van der Waals surface area contributed by atoms with Crippen LogP contribution in [-0.4, -0.2) is 36.5 Å². The quantitative estimate of drug-likeness (QED) is 0.445. The Labute approximate surface area is 188 Å². The molecule has 176 valence electrons. The zero-order valence-electron chi connectivity index (χ0n) is 17.6. The van der Waals surface area contributed by atoms with Gasteiger partial charge in [0.1, 0.15) is 6.54 Å². The third kappa shape index (κ3) is 5.65. The molecule has 2 aromatic rings. The van der Waals surface area contributed by atoms with Gasteiger partial charge in [-0.1, -0.05) is 6.92 Å². The molecule has 0 aliphatic heterocycles. The summed E-state index contributed by atoms with van der Waals surface area (Å²) in [6.45, 7) is 3.61. The number of carbonyl (C=O) groups excluding carboxylic acids is 1. The summed E-state index contributed by atoms with van der Waals surface area (Å²) in [4.78, 5) is 11.6. The lowest BCUT2D eigenvalue weighted by Gasteiger charge is -2.24. The van der Waals surface area contributed by atoms with Crippen LogP contribution in [0.15, 0.2) is 34.2 Å². The molecule has 1 aliphatic rings. The highest BCUT2D eigenvalue weighted by Gasteiger charge is 2.34. The topological polar surface area (TPSA) is 90.3 Å². The van der Waals surface area contributed by atoms with Crippen molar-refractivity contribution in [2.45, 2.75) is 61.7 Å². The molecule has 3 rings (SSSR count). The van der Waals surface area contributed by atoms with Crippen molar-refractivity contribution in [1.82, 2.24) is 14.5 Å². The Kier molecular flexibility index (Phi) is 7.56. The zero-order valence-corrected chi connectivity index (χ0v) is 19.2. The van der Waals surface area contributed by atoms with Crippen molar-refractivity contribution in [1.29, 1.82) is 0 Å². The Balaban J connectivity index is 1.89. The monoisotopic (exact) mass is 491 g/mol. The summed E-state index contributed by atoms with van der Waals surface area (Å²) >= 11 is 1.13. The van der Waals surface area contributed by atoms with Crippen molar-refractivity contribution < 1.29 is 31.1 Å². The molecule has 0 spiro atoms. The largest absolute Gasteiger partial charge is 0.465 e. The van der Waals surface area contributed by atoms with Gasteiger partial charge in [-0.05, 0) is 50.1 Å². The second-order valence-electron chi connectivity index (χ2n) is 7.20. The van der Waals surface area contributed by atoms with E-state index in [2.05, 4.69) is 9.82 Å². The normalized spacial score (nSPS) is 16.6. The minimum absolute atomic E-state index is 0.0894. The van der Waals surface area contributed by atoms with Gasteiger partial charge in [0, 0.05) is 16.2 Å². The number of hydrogen-bond acceptors (Lipinski definition) is 6. The van der Waals surface area contributed by atoms with Gasteiger partial charge in [-0.2, -0.15) is 18.3 Å². The van der Waals surface area contributed by atoms with Crippen LogP contribution >= 0.6 is 11.8 Å². The Morgan fingerprint density at radius 3 is 2.72 bits per heavy atom. The van der Waals surface area contributed by atoms with Gasteiger partial charge < -0.3 is 4.74 Å². The van der Waals surface area contributed by atoms with Crippen LogP contribution in [0.2, 0.25) is 0 Å². The number of nitrogens with zero attached hydrogens (tertiary/aromatic N) is 2. The van der Waals surface area contributed by atoms with Crippen LogP contribution in [0.5, 0.6) is 0 Å². The third-order valence-electron chi connectivity index (χ3n) is 4.97. The molecule has 1 aliphatic carbocycles. The number of hydrogen-bond donors (Lipinski definition) is 1. The van der Waals surface area contributed by atoms with Crippen LogP contribution < -0.4 is 4.72 Å². The van der Waals surface area contributed by atoms with E-state index in [1.165, 1.54) is 16.9 Å². The van der Waals surface area contributed by atoms with E-state index >= 15 is 0 Å². The van der Waals surface area contributed by atoms with Crippen LogP contribution in [0.25, 0.3) is 0 Å². The van der Waals surface area contributed by atoms with Gasteiger partial charge in [-0.15, -0.1) is 11.8 Å². The van der Waals surface area contributed by atoms with Gasteiger partial charge in [0.2, 0.25) is 10.0 Å². The molecule has 1 atom stereocenters. The van der Waals surface area contributed by atoms with Crippen molar-refractivity contribution in [3.8, 4) is 0 Å². The average Bonchev–Trinajstić information content (AvgIpc) is 3.11. The number of ether oxygens (including phenoxy) is 1. The molecule has 0 radical (unpaired) electrons. The summed E-state index contributed by atoms with van der Waals surface area (Å²) < 4.78 is 75.0. The molecule has 1 aromatic heterocycles. The molecule has 0 saturated heterocycles. The molecule has 0 amide bonds. The lowest BCUT2D eigenvalue weighted by molar-refractivity contribution is -0.144. The lowest BCUT2D eigenvalue weighted by Crippen LogP contribution is -2.31. The van der Waals surface area contributed by atoms with E-state index in [1.54, 1.807) is 13.8 Å². The molecule has 1 heterocycles. The molecule has 0 unspecified atom stereocenters. The van der Waals surface area contributed by atoms with E-state index in [4.69, 9.17) is 4.74 Å². The van der Waals surface area contributed by atoms with Crippen LogP contribution in [0.3, 0.4) is 0 Å². The van der Waals surface area contributed by atoms with Crippen molar-refractivity contribution in [3.63, 3.8) is 0 Å². The Morgan fingerprint density at radius 2 is 2.06 bits per heavy atom. The number of benzene rings is 1. The first-order valence-electron chi connectivity index (χ1n) is 10.1. The number of fused-ring (bicyclic) bond motifs is 1. The second-order valence-corrected chi connectivity index (χ2v) is 10.3. The number of nitrogens with one attached hydrogen (secondary N) is 1. The van der Waals surface area contributed by atoms with Crippen LogP contribution in [-0.2, 0) is 38.7 Å². The SMILES string of the molecule is CCOC(=O)Cn1ncc2c1CCC[C@H]2NS(=O)(=O)c1cc(SCC)cc(C(F)(F)F)c1. The summed E-state index contributed by atoms with van der Waals surface area (Å²) in [6, 6.07) is 2.19. The van der Waals surface area contributed by atoms with E-state index < -0.39 is 38.7 Å². The number of alkyl halides is 3. The molecule has 32 heavy (non-hydrogen) atoms. The van der Waals surface area contributed by atoms with E-state index in [9.17, 15) is 26.4 Å². The Bertz CT molecular complexity index is 1080. The number of rotatable bonds is 8. The van der Waals surface area contributed by atoms with E-state index in [0.29, 0.717) is 42.3 Å². The summed E-state index contributed by atoms with van der Waals surface area (Å²) in [6.07, 6.45) is -1.47. The number of halogens is 3. The van der Waals surface area contributed by atoms with Crippen LogP contribution in [0.1, 0.15) is 49.6 Å². The molecular formula is C20H24F3N3O4S2. The van der Waals surface area contributed by atoms with E-state index in [-0.39, 0.29) is 18.0 Å². The first-order chi connectivity index (χ1) is 15.0. The molecule has 7 nitrogen and oxygen atoms in total. The number of aromatic nitrogens is 2. The van der Waals surface area contributed by atoms with Crippen molar-refractivity contribution in [2.75, 3.05) is 12.4 Å². The number of thioether (sulfide) groups is 1. The summed E-state index contributed by atoms with van der Waals surface area (Å²) in [7, 11) is -4.24. The molecule has 1 aromatic carbocycles. The minimum atomic E-state index is -4.67. The number of carbonyl (C=O) groups is 1. The smallest absolute Gasteiger partial charge is 0.416 e. The molecule has 12 heteroatoms. The van der Waals surface area contributed by atoms with Crippen LogP contribution in [0, 0.1) is 0 Å². The minimum Gasteiger partial charge on any atom is -0.465 e. The third-order valence-corrected chi connectivity index (χ3v) is 7.28. The molecule has 0 fully saturated rings. The van der Waals surface area contributed by atoms with Gasteiger partial charge in [-0.3, -0.25) is 9.48 Å². The fourth-order valence-corrected chi connectivity index (χ4v) is 5.75. The molecule has 1 N–H and O–H groups in total. The number of sulfonamides is 1. The predicted molar refractivity (Wildman–Crippen MR) is 113 cm³/mol. The van der Waals surface area contributed by atoms with Gasteiger partial charge >= 0.3 is 12.1 Å². The summed E-state index contributed by atoms with van der Waals surface area (Å²) in [5.41, 5.74) is 0.311. The maximum atomic E-state index is 13.3. The first kappa shape index (κ1) is 24.6. The maximum absolute atomic E-state index is 13.3. The summed E-state index contributed by atoms with van der Waals surface area (Å²) in [5.74, 6) is 0.0471.